The van der Waals surface area contributed by atoms with Crippen LogP contribution in [-0.4, -0.2) is 68.3 Å². The van der Waals surface area contributed by atoms with Crippen LogP contribution in [0.1, 0.15) is 12.8 Å². The molecule has 2 heterocycles. The molecule has 0 aromatic heterocycles. The lowest BCUT2D eigenvalue weighted by Gasteiger charge is -2.34. The van der Waals surface area contributed by atoms with Crippen molar-refractivity contribution < 1.29 is 9.53 Å². The first-order chi connectivity index (χ1) is 7.79. The summed E-state index contributed by atoms with van der Waals surface area (Å²) in [6, 6.07) is 0.394. The second kappa shape index (κ2) is 5.50. The van der Waals surface area contributed by atoms with Crippen molar-refractivity contribution in [3.8, 4) is 0 Å². The third-order valence-electron chi connectivity index (χ3n) is 3.37. The fourth-order valence-corrected chi connectivity index (χ4v) is 2.52. The smallest absolute Gasteiger partial charge is 0.409 e. The maximum Gasteiger partial charge on any atom is 0.409 e. The number of rotatable bonds is 2. The minimum absolute atomic E-state index is 0.201. The minimum Gasteiger partial charge on any atom is -0.453 e. The number of nitrogens with one attached hydrogen (secondary N) is 1. The highest BCUT2D eigenvalue weighted by molar-refractivity contribution is 5.67. The number of likely N-dealkylation sites (tertiary alicyclic amines) is 1. The van der Waals surface area contributed by atoms with Crippen molar-refractivity contribution in [2.24, 2.45) is 0 Å². The Morgan fingerprint density at radius 3 is 2.81 bits per heavy atom. The molecule has 0 spiro atoms. The van der Waals surface area contributed by atoms with Gasteiger partial charge in [0.25, 0.3) is 0 Å². The lowest BCUT2D eigenvalue weighted by molar-refractivity contribution is 0.104. The maximum atomic E-state index is 11.4. The van der Waals surface area contributed by atoms with Crippen molar-refractivity contribution in [3.63, 3.8) is 0 Å². The van der Waals surface area contributed by atoms with Crippen LogP contribution in [0.4, 0.5) is 4.79 Å². The van der Waals surface area contributed by atoms with Crippen LogP contribution in [0.25, 0.3) is 0 Å². The van der Waals surface area contributed by atoms with Crippen molar-refractivity contribution in [2.75, 3.05) is 46.4 Å². The Kier molecular flexibility index (Phi) is 4.01. The van der Waals surface area contributed by atoms with Crippen LogP contribution >= 0.6 is 0 Å². The van der Waals surface area contributed by atoms with E-state index in [-0.39, 0.29) is 6.09 Å². The van der Waals surface area contributed by atoms with E-state index in [1.54, 1.807) is 4.90 Å². The zero-order valence-electron chi connectivity index (χ0n) is 9.95. The zero-order chi connectivity index (χ0) is 11.4. The van der Waals surface area contributed by atoms with Gasteiger partial charge in [-0.25, -0.2) is 4.79 Å². The van der Waals surface area contributed by atoms with E-state index in [1.165, 1.54) is 33.0 Å². The molecule has 0 aliphatic carbocycles. The molecule has 92 valence electrons. The molecule has 0 aromatic carbocycles. The van der Waals surface area contributed by atoms with Crippen molar-refractivity contribution in [1.29, 1.82) is 0 Å². The summed E-state index contributed by atoms with van der Waals surface area (Å²) < 4.78 is 4.75. The number of ether oxygens (including phenoxy) is 1. The quantitative estimate of drug-likeness (QED) is 0.728. The third-order valence-corrected chi connectivity index (χ3v) is 3.37. The van der Waals surface area contributed by atoms with Gasteiger partial charge in [0, 0.05) is 32.2 Å². The van der Waals surface area contributed by atoms with Gasteiger partial charge in [0.15, 0.2) is 0 Å². The van der Waals surface area contributed by atoms with Crippen LogP contribution < -0.4 is 5.32 Å². The predicted molar refractivity (Wildman–Crippen MR) is 61.4 cm³/mol. The highest BCUT2D eigenvalue weighted by Gasteiger charge is 2.25. The molecule has 2 saturated heterocycles. The molecule has 2 rings (SSSR count). The number of piperazine rings is 1. The highest BCUT2D eigenvalue weighted by Crippen LogP contribution is 2.10. The van der Waals surface area contributed by atoms with Crippen LogP contribution in [-0.2, 0) is 4.74 Å². The van der Waals surface area contributed by atoms with Crippen LogP contribution in [0.15, 0.2) is 0 Å². The van der Waals surface area contributed by atoms with Crippen LogP contribution in [0.2, 0.25) is 0 Å². The number of methoxy groups -OCH3 is 1. The van der Waals surface area contributed by atoms with Gasteiger partial charge in [0.05, 0.1) is 7.11 Å². The zero-order valence-corrected chi connectivity index (χ0v) is 9.95. The Hall–Kier alpha value is -0.810. The molecular formula is C11H21N3O2. The van der Waals surface area contributed by atoms with E-state index in [9.17, 15) is 4.79 Å². The van der Waals surface area contributed by atoms with Gasteiger partial charge in [0.1, 0.15) is 0 Å². The molecular weight excluding hydrogens is 206 g/mol. The Morgan fingerprint density at radius 2 is 2.12 bits per heavy atom. The van der Waals surface area contributed by atoms with Gasteiger partial charge >= 0.3 is 6.09 Å². The van der Waals surface area contributed by atoms with E-state index in [0.717, 1.165) is 26.2 Å². The molecule has 0 unspecified atom stereocenters. The first-order valence-corrected chi connectivity index (χ1v) is 6.08. The lowest BCUT2D eigenvalue weighted by Crippen LogP contribution is -2.56. The predicted octanol–water partition coefficient (Wildman–Crippen LogP) is 0.122. The molecule has 5 nitrogen and oxygen atoms in total. The molecule has 0 saturated carbocycles. The molecule has 1 amide bonds. The summed E-state index contributed by atoms with van der Waals surface area (Å²) in [7, 11) is 1.44. The lowest BCUT2D eigenvalue weighted by atomic mass is 10.2. The van der Waals surface area contributed by atoms with Gasteiger partial charge in [-0.3, -0.25) is 0 Å². The summed E-state index contributed by atoms with van der Waals surface area (Å²) in [5, 5.41) is 3.46. The van der Waals surface area contributed by atoms with E-state index < -0.39 is 0 Å². The summed E-state index contributed by atoms with van der Waals surface area (Å²) in [5.41, 5.74) is 0. The second-order valence-electron chi connectivity index (χ2n) is 4.57. The molecule has 16 heavy (non-hydrogen) atoms. The highest BCUT2D eigenvalue weighted by atomic mass is 16.5. The second-order valence-corrected chi connectivity index (χ2v) is 4.57. The summed E-state index contributed by atoms with van der Waals surface area (Å²) in [6.07, 6.45) is 2.42. The normalized spacial score (nSPS) is 27.1. The summed E-state index contributed by atoms with van der Waals surface area (Å²) in [5.74, 6) is 0. The van der Waals surface area contributed by atoms with Crippen molar-refractivity contribution in [3.05, 3.63) is 0 Å². The minimum atomic E-state index is -0.201. The van der Waals surface area contributed by atoms with Gasteiger partial charge in [-0.1, -0.05) is 0 Å². The van der Waals surface area contributed by atoms with Crippen molar-refractivity contribution >= 4 is 6.09 Å². The molecule has 0 bridgehead atoms. The summed E-state index contributed by atoms with van der Waals surface area (Å²) in [4.78, 5) is 15.7. The van der Waals surface area contributed by atoms with Crippen molar-refractivity contribution in [1.82, 2.24) is 15.1 Å². The standard InChI is InChI=1S/C11H21N3O2/c1-16-11(15)14-7-4-12-10(9-14)8-13-5-2-3-6-13/h10,12H,2-9H2,1H3/t10-/m1/s1. The van der Waals surface area contributed by atoms with E-state index in [0.29, 0.717) is 6.04 Å². The first-order valence-electron chi connectivity index (χ1n) is 6.08. The molecule has 5 heteroatoms. The van der Waals surface area contributed by atoms with Gasteiger partial charge in [-0.15, -0.1) is 0 Å². The number of hydrogen-bond donors (Lipinski definition) is 1. The Bertz CT molecular complexity index is 241. The molecule has 2 aliphatic rings. The van der Waals surface area contributed by atoms with Crippen LogP contribution in [0.3, 0.4) is 0 Å². The van der Waals surface area contributed by atoms with Gasteiger partial charge < -0.3 is 19.9 Å². The number of carbonyl (C=O) groups excluding carboxylic acids is 1. The average molecular weight is 227 g/mol. The summed E-state index contributed by atoms with van der Waals surface area (Å²) in [6.45, 7) is 5.85. The van der Waals surface area contributed by atoms with Gasteiger partial charge in [-0.2, -0.15) is 0 Å². The Labute approximate surface area is 96.7 Å². The fraction of sp³-hybridized carbons (Fsp3) is 0.909. The fourth-order valence-electron chi connectivity index (χ4n) is 2.52. The van der Waals surface area contributed by atoms with E-state index in [4.69, 9.17) is 4.74 Å². The van der Waals surface area contributed by atoms with E-state index in [1.807, 2.05) is 0 Å². The van der Waals surface area contributed by atoms with Crippen LogP contribution in [0.5, 0.6) is 0 Å². The molecule has 0 aromatic rings. The molecule has 2 aliphatic heterocycles. The van der Waals surface area contributed by atoms with Crippen molar-refractivity contribution in [2.45, 2.75) is 18.9 Å². The SMILES string of the molecule is COC(=O)N1CCN[C@H](CN2CCCC2)C1. The molecule has 0 radical (unpaired) electrons. The number of nitrogens with zero attached hydrogens (tertiary/aromatic N) is 2. The molecule has 1 N–H and O–H groups in total. The maximum absolute atomic E-state index is 11.4. The number of carbonyl (C=O) groups is 1. The molecule has 1 atom stereocenters. The first kappa shape index (κ1) is 11.7. The monoisotopic (exact) mass is 227 g/mol. The largest absolute Gasteiger partial charge is 0.453 e. The van der Waals surface area contributed by atoms with Gasteiger partial charge in [-0.05, 0) is 25.9 Å². The average Bonchev–Trinajstić information content (AvgIpc) is 2.81. The number of hydrogen-bond acceptors (Lipinski definition) is 4. The van der Waals surface area contributed by atoms with E-state index in [2.05, 4.69) is 10.2 Å². The van der Waals surface area contributed by atoms with Gasteiger partial charge in [0.2, 0.25) is 0 Å². The topological polar surface area (TPSA) is 44.8 Å². The molecule has 2 fully saturated rings. The van der Waals surface area contributed by atoms with Crippen LogP contribution in [0, 0.1) is 0 Å². The Morgan fingerprint density at radius 1 is 1.38 bits per heavy atom. The Balaban J connectivity index is 1.79. The third kappa shape index (κ3) is 2.86. The number of amides is 1. The van der Waals surface area contributed by atoms with E-state index >= 15 is 0 Å². The summed E-state index contributed by atoms with van der Waals surface area (Å²) >= 11 is 0.